The number of halogens is 2. The quantitative estimate of drug-likeness (QED) is 0.678. The van der Waals surface area contributed by atoms with Crippen molar-refractivity contribution >= 4 is 21.7 Å². The number of benzene rings is 1. The molecule has 136 valence electrons. The summed E-state index contributed by atoms with van der Waals surface area (Å²) in [6, 6.07) is 4.24. The molecule has 1 fully saturated rings. The minimum absolute atomic E-state index is 0.101. The van der Waals surface area contributed by atoms with Gasteiger partial charge in [0.1, 0.15) is 5.82 Å². The lowest BCUT2D eigenvalue weighted by Gasteiger charge is -2.22. The first-order chi connectivity index (χ1) is 12.6. The molecule has 0 radical (unpaired) electrons. The summed E-state index contributed by atoms with van der Waals surface area (Å²) >= 11 is 3.10. The van der Waals surface area contributed by atoms with E-state index in [0.717, 1.165) is 12.8 Å². The summed E-state index contributed by atoms with van der Waals surface area (Å²) in [6.07, 6.45) is 1.62. The summed E-state index contributed by atoms with van der Waals surface area (Å²) in [5.74, 6) is -0.743. The first kappa shape index (κ1) is 16.9. The molecule has 1 aliphatic heterocycles. The Hall–Kier alpha value is -2.53. The Kier molecular flexibility index (Phi) is 4.55. The summed E-state index contributed by atoms with van der Waals surface area (Å²) in [5.41, 5.74) is 0.585. The van der Waals surface area contributed by atoms with Crippen molar-refractivity contribution in [3.63, 3.8) is 0 Å². The van der Waals surface area contributed by atoms with Gasteiger partial charge in [-0.25, -0.2) is 18.4 Å². The van der Waals surface area contributed by atoms with E-state index in [1.165, 1.54) is 22.8 Å². The van der Waals surface area contributed by atoms with E-state index >= 15 is 0 Å². The van der Waals surface area contributed by atoms with E-state index in [0.29, 0.717) is 24.7 Å². The van der Waals surface area contributed by atoms with Crippen molar-refractivity contribution in [3.05, 3.63) is 39.0 Å². The number of hydrogen-bond acceptors (Lipinski definition) is 8. The minimum atomic E-state index is -0.737. The Morgan fingerprint density at radius 3 is 2.81 bits per heavy atom. The largest absolute Gasteiger partial charge is 0.446 e. The van der Waals surface area contributed by atoms with Crippen molar-refractivity contribution in [3.8, 4) is 17.2 Å². The molecule has 1 aliphatic rings. The average molecular weight is 426 g/mol. The van der Waals surface area contributed by atoms with Gasteiger partial charge in [0.25, 0.3) is 0 Å². The average Bonchev–Trinajstić information content (AvgIpc) is 3.24. The van der Waals surface area contributed by atoms with Crippen molar-refractivity contribution in [2.45, 2.75) is 18.9 Å². The Balaban J connectivity index is 1.72. The zero-order chi connectivity index (χ0) is 18.1. The smallest absolute Gasteiger partial charge is 0.381 e. The van der Waals surface area contributed by atoms with E-state index in [2.05, 4.69) is 36.7 Å². The maximum absolute atomic E-state index is 13.5. The molecule has 11 heteroatoms. The normalized spacial score (nSPS) is 15.3. The lowest BCUT2D eigenvalue weighted by Crippen LogP contribution is -2.28. The van der Waals surface area contributed by atoms with Gasteiger partial charge in [-0.05, 0) is 57.3 Å². The van der Waals surface area contributed by atoms with E-state index in [-0.39, 0.29) is 22.0 Å². The van der Waals surface area contributed by atoms with E-state index in [1.807, 2.05) is 0 Å². The standard InChI is InChI=1S/C15H13BrFN5O4/c16-10-7-9(1-2-11(10)17)22-14(21-25-15(22)23)12-13(20-26-19-12)18-8-3-5-24-6-4-8/h1-2,7-8H,3-6H2,(H,18,20). The van der Waals surface area contributed by atoms with Crippen LogP contribution >= 0.6 is 15.9 Å². The number of aromatic nitrogens is 4. The van der Waals surface area contributed by atoms with Crippen LogP contribution in [0.2, 0.25) is 0 Å². The van der Waals surface area contributed by atoms with Gasteiger partial charge in [-0.15, -0.1) is 0 Å². The molecule has 0 unspecified atom stereocenters. The molecule has 1 saturated heterocycles. The van der Waals surface area contributed by atoms with Gasteiger partial charge in [0, 0.05) is 19.3 Å². The third-order valence-electron chi connectivity index (χ3n) is 4.03. The summed E-state index contributed by atoms with van der Waals surface area (Å²) < 4.78 is 29.8. The highest BCUT2D eigenvalue weighted by Crippen LogP contribution is 2.27. The Labute approximate surface area is 154 Å². The van der Waals surface area contributed by atoms with E-state index in [4.69, 9.17) is 13.9 Å². The number of anilines is 1. The number of rotatable bonds is 4. The molecule has 26 heavy (non-hydrogen) atoms. The summed E-state index contributed by atoms with van der Waals surface area (Å²) in [6.45, 7) is 1.30. The molecule has 0 spiro atoms. The van der Waals surface area contributed by atoms with Crippen molar-refractivity contribution in [2.75, 3.05) is 18.5 Å². The van der Waals surface area contributed by atoms with Gasteiger partial charge in [0.2, 0.25) is 11.6 Å². The first-order valence-electron chi connectivity index (χ1n) is 7.85. The third kappa shape index (κ3) is 3.15. The Bertz CT molecular complexity index is 979. The van der Waals surface area contributed by atoms with Crippen molar-refractivity contribution in [1.29, 1.82) is 0 Å². The molecule has 0 bridgehead atoms. The Morgan fingerprint density at radius 2 is 2.04 bits per heavy atom. The molecule has 0 atom stereocenters. The van der Waals surface area contributed by atoms with E-state index in [9.17, 15) is 9.18 Å². The molecule has 3 aromatic rings. The maximum atomic E-state index is 13.5. The van der Waals surface area contributed by atoms with Gasteiger partial charge < -0.3 is 10.1 Å². The van der Waals surface area contributed by atoms with E-state index < -0.39 is 11.6 Å². The summed E-state index contributed by atoms with van der Waals surface area (Å²) in [7, 11) is 0. The first-order valence-corrected chi connectivity index (χ1v) is 8.64. The lowest BCUT2D eigenvalue weighted by molar-refractivity contribution is 0.0903. The summed E-state index contributed by atoms with van der Waals surface area (Å²) in [5, 5.41) is 14.7. The van der Waals surface area contributed by atoms with Gasteiger partial charge in [0.05, 0.1) is 10.2 Å². The lowest BCUT2D eigenvalue weighted by atomic mass is 10.1. The molecular formula is C15H13BrFN5O4. The Morgan fingerprint density at radius 1 is 1.23 bits per heavy atom. The highest BCUT2D eigenvalue weighted by atomic mass is 79.9. The van der Waals surface area contributed by atoms with Crippen LogP contribution in [0.15, 0.2) is 36.6 Å². The predicted molar refractivity (Wildman–Crippen MR) is 90.5 cm³/mol. The monoisotopic (exact) mass is 425 g/mol. The molecule has 4 rings (SSSR count). The van der Waals surface area contributed by atoms with Crippen LogP contribution in [0.3, 0.4) is 0 Å². The number of ether oxygens (including phenoxy) is 1. The van der Waals surface area contributed by atoms with Crippen LogP contribution in [-0.4, -0.2) is 39.3 Å². The zero-order valence-electron chi connectivity index (χ0n) is 13.3. The molecule has 0 aliphatic carbocycles. The second kappa shape index (κ2) is 7.00. The molecule has 2 aromatic heterocycles. The molecule has 0 amide bonds. The van der Waals surface area contributed by atoms with Crippen molar-refractivity contribution in [2.24, 2.45) is 0 Å². The zero-order valence-corrected chi connectivity index (χ0v) is 14.9. The fourth-order valence-electron chi connectivity index (χ4n) is 2.72. The SMILES string of the molecule is O=c1onc(-c2nonc2NC2CCOCC2)n1-c1ccc(F)c(Br)c1. The topological polar surface area (TPSA) is 108 Å². The molecule has 9 nitrogen and oxygen atoms in total. The fourth-order valence-corrected chi connectivity index (χ4v) is 3.08. The predicted octanol–water partition coefficient (Wildman–Crippen LogP) is 2.37. The van der Waals surface area contributed by atoms with Gasteiger partial charge in [-0.1, -0.05) is 5.16 Å². The molecule has 3 heterocycles. The van der Waals surface area contributed by atoms with Crippen LogP contribution in [0.25, 0.3) is 17.2 Å². The highest BCUT2D eigenvalue weighted by Gasteiger charge is 2.25. The fraction of sp³-hybridized carbons (Fsp3) is 0.333. The second-order valence-electron chi connectivity index (χ2n) is 5.70. The second-order valence-corrected chi connectivity index (χ2v) is 6.55. The van der Waals surface area contributed by atoms with Crippen LogP contribution in [0.1, 0.15) is 12.8 Å². The number of hydrogen-bond donors (Lipinski definition) is 1. The molecule has 1 N–H and O–H groups in total. The van der Waals surface area contributed by atoms with Crippen LogP contribution in [-0.2, 0) is 4.74 Å². The maximum Gasteiger partial charge on any atom is 0.446 e. The molecule has 0 saturated carbocycles. The van der Waals surface area contributed by atoms with Gasteiger partial charge in [-0.3, -0.25) is 4.52 Å². The number of nitrogens with one attached hydrogen (secondary N) is 1. The molecular weight excluding hydrogens is 413 g/mol. The van der Waals surface area contributed by atoms with Crippen LogP contribution in [0, 0.1) is 5.82 Å². The van der Waals surface area contributed by atoms with Gasteiger partial charge in [-0.2, -0.15) is 0 Å². The van der Waals surface area contributed by atoms with Gasteiger partial charge in [0.15, 0.2) is 5.69 Å². The van der Waals surface area contributed by atoms with Crippen LogP contribution < -0.4 is 11.1 Å². The van der Waals surface area contributed by atoms with Gasteiger partial charge >= 0.3 is 5.76 Å². The molecule has 1 aromatic carbocycles. The van der Waals surface area contributed by atoms with Crippen LogP contribution in [0.4, 0.5) is 10.2 Å². The number of nitrogens with zero attached hydrogens (tertiary/aromatic N) is 4. The van der Waals surface area contributed by atoms with E-state index in [1.54, 1.807) is 0 Å². The van der Waals surface area contributed by atoms with Crippen molar-refractivity contribution in [1.82, 2.24) is 20.0 Å². The third-order valence-corrected chi connectivity index (χ3v) is 4.64. The summed E-state index contributed by atoms with van der Waals surface area (Å²) in [4.78, 5) is 12.1. The highest BCUT2D eigenvalue weighted by molar-refractivity contribution is 9.10. The van der Waals surface area contributed by atoms with Crippen LogP contribution in [0.5, 0.6) is 0 Å². The van der Waals surface area contributed by atoms with Crippen molar-refractivity contribution < 1.29 is 18.3 Å². The minimum Gasteiger partial charge on any atom is -0.381 e.